The maximum Gasteiger partial charge on any atom is 0.261 e. The number of hydrogen-bond donors (Lipinski definition) is 2. The molecule has 1 unspecified atom stereocenters. The summed E-state index contributed by atoms with van der Waals surface area (Å²) >= 11 is 0. The van der Waals surface area contributed by atoms with Crippen molar-refractivity contribution in [1.82, 2.24) is 10.6 Å². The standard InChI is InChI=1S/C7H9N3O3/c1-3-5(12)9-7(8-4(2)11)10-6(3)13/h3H,1-2H3,(H2,8,9,10,11,12,13). The second kappa shape index (κ2) is 3.34. The fraction of sp³-hybridized carbons (Fsp3) is 0.429. The Balaban J connectivity index is 2.79. The van der Waals surface area contributed by atoms with E-state index in [2.05, 4.69) is 15.6 Å². The fourth-order valence-electron chi connectivity index (χ4n) is 0.798. The van der Waals surface area contributed by atoms with Gasteiger partial charge in [0.05, 0.1) is 0 Å². The molecule has 0 aromatic heterocycles. The molecule has 1 atom stereocenters. The van der Waals surface area contributed by atoms with Crippen molar-refractivity contribution in [3.8, 4) is 0 Å². The number of rotatable bonds is 0. The molecule has 0 radical (unpaired) electrons. The number of hydrogen-bond acceptors (Lipinski definition) is 3. The first-order valence-corrected chi connectivity index (χ1v) is 3.71. The van der Waals surface area contributed by atoms with Gasteiger partial charge in [0.1, 0.15) is 5.92 Å². The number of guanidine groups is 1. The number of carbonyl (C=O) groups is 3. The van der Waals surface area contributed by atoms with Crippen LogP contribution in [0, 0.1) is 5.92 Å². The fourth-order valence-corrected chi connectivity index (χ4v) is 0.798. The maximum atomic E-state index is 11.0. The molecule has 0 aliphatic carbocycles. The number of amides is 3. The van der Waals surface area contributed by atoms with Gasteiger partial charge in [-0.1, -0.05) is 0 Å². The lowest BCUT2D eigenvalue weighted by Crippen LogP contribution is -2.50. The van der Waals surface area contributed by atoms with E-state index < -0.39 is 17.7 Å². The average Bonchev–Trinajstić information content (AvgIpc) is 1.98. The first-order valence-electron chi connectivity index (χ1n) is 3.71. The van der Waals surface area contributed by atoms with Crippen LogP contribution in [0.1, 0.15) is 13.8 Å². The highest BCUT2D eigenvalue weighted by molar-refractivity contribution is 6.17. The minimum absolute atomic E-state index is 0.0967. The molecular weight excluding hydrogens is 174 g/mol. The largest absolute Gasteiger partial charge is 0.296 e. The molecule has 0 aromatic rings. The van der Waals surface area contributed by atoms with E-state index in [0.29, 0.717) is 0 Å². The molecule has 0 saturated heterocycles. The molecule has 0 aromatic carbocycles. The Bertz CT molecular complexity index is 308. The van der Waals surface area contributed by atoms with Gasteiger partial charge < -0.3 is 0 Å². The van der Waals surface area contributed by atoms with Crippen molar-refractivity contribution in [3.05, 3.63) is 0 Å². The number of nitrogens with zero attached hydrogens (tertiary/aromatic N) is 1. The molecule has 3 amide bonds. The Kier molecular flexibility index (Phi) is 2.41. The summed E-state index contributed by atoms with van der Waals surface area (Å²) in [5.74, 6) is -2.27. The van der Waals surface area contributed by atoms with Crippen LogP contribution in [-0.4, -0.2) is 23.7 Å². The summed E-state index contributed by atoms with van der Waals surface area (Å²) in [6.45, 7) is 2.71. The quantitative estimate of drug-likeness (QED) is 0.461. The zero-order chi connectivity index (χ0) is 10.0. The third-order valence-electron chi connectivity index (χ3n) is 1.52. The minimum atomic E-state index is -0.780. The van der Waals surface area contributed by atoms with E-state index in [1.54, 1.807) is 0 Å². The zero-order valence-electron chi connectivity index (χ0n) is 7.25. The molecule has 0 fully saturated rings. The Morgan fingerprint density at radius 3 is 2.62 bits per heavy atom. The second-order valence-corrected chi connectivity index (χ2v) is 2.69. The van der Waals surface area contributed by atoms with Crippen molar-refractivity contribution in [2.24, 2.45) is 10.9 Å². The highest BCUT2D eigenvalue weighted by Crippen LogP contribution is 2.02. The molecule has 6 heteroatoms. The maximum absolute atomic E-state index is 11.0. The predicted octanol–water partition coefficient (Wildman–Crippen LogP) is -1.23. The first kappa shape index (κ1) is 9.37. The van der Waals surface area contributed by atoms with Crippen molar-refractivity contribution >= 4 is 23.7 Å². The third-order valence-corrected chi connectivity index (χ3v) is 1.52. The molecule has 1 heterocycles. The van der Waals surface area contributed by atoms with Crippen LogP contribution in [-0.2, 0) is 14.4 Å². The highest BCUT2D eigenvalue weighted by Gasteiger charge is 2.27. The summed E-state index contributed by atoms with van der Waals surface area (Å²) in [5, 5.41) is 4.51. The van der Waals surface area contributed by atoms with E-state index in [-0.39, 0.29) is 11.9 Å². The molecule has 0 bridgehead atoms. The first-order chi connectivity index (χ1) is 6.00. The van der Waals surface area contributed by atoms with Gasteiger partial charge in [0.25, 0.3) is 5.91 Å². The van der Waals surface area contributed by atoms with Crippen LogP contribution in [0.15, 0.2) is 4.99 Å². The molecule has 1 rings (SSSR count). The highest BCUT2D eigenvalue weighted by atomic mass is 16.2. The molecule has 1 aliphatic rings. The van der Waals surface area contributed by atoms with Gasteiger partial charge in [-0.25, -0.2) is 0 Å². The molecular formula is C7H9N3O3. The molecule has 2 N–H and O–H groups in total. The Morgan fingerprint density at radius 2 is 2.15 bits per heavy atom. The SMILES string of the molecule is CC(=O)NC1=NC(=O)C(C)C(=O)N1. The van der Waals surface area contributed by atoms with Gasteiger partial charge in [-0.3, -0.25) is 25.0 Å². The zero-order valence-corrected chi connectivity index (χ0v) is 7.25. The summed E-state index contributed by atoms with van der Waals surface area (Å²) in [6, 6.07) is 0. The molecule has 13 heavy (non-hydrogen) atoms. The van der Waals surface area contributed by atoms with Gasteiger partial charge in [0, 0.05) is 6.92 Å². The predicted molar refractivity (Wildman–Crippen MR) is 43.6 cm³/mol. The van der Waals surface area contributed by atoms with Crippen LogP contribution >= 0.6 is 0 Å². The Morgan fingerprint density at radius 1 is 1.54 bits per heavy atom. The lowest BCUT2D eigenvalue weighted by molar-refractivity contribution is -0.132. The third kappa shape index (κ3) is 2.11. The monoisotopic (exact) mass is 183 g/mol. The van der Waals surface area contributed by atoms with E-state index in [4.69, 9.17) is 0 Å². The van der Waals surface area contributed by atoms with Crippen molar-refractivity contribution < 1.29 is 14.4 Å². The van der Waals surface area contributed by atoms with E-state index in [1.165, 1.54) is 13.8 Å². The van der Waals surface area contributed by atoms with Gasteiger partial charge >= 0.3 is 0 Å². The normalized spacial score (nSPS) is 22.0. The van der Waals surface area contributed by atoms with Crippen LogP contribution in [0.4, 0.5) is 0 Å². The lowest BCUT2D eigenvalue weighted by Gasteiger charge is -2.16. The topological polar surface area (TPSA) is 87.6 Å². The van der Waals surface area contributed by atoms with E-state index in [0.717, 1.165) is 0 Å². The lowest BCUT2D eigenvalue weighted by atomic mass is 10.1. The van der Waals surface area contributed by atoms with Crippen LogP contribution in [0.2, 0.25) is 0 Å². The van der Waals surface area contributed by atoms with Crippen molar-refractivity contribution in [2.75, 3.05) is 0 Å². The van der Waals surface area contributed by atoms with Crippen molar-refractivity contribution in [1.29, 1.82) is 0 Å². The average molecular weight is 183 g/mol. The van der Waals surface area contributed by atoms with Crippen LogP contribution in [0.5, 0.6) is 0 Å². The number of nitrogens with one attached hydrogen (secondary N) is 2. The number of aliphatic imine (C=N–C) groups is 1. The van der Waals surface area contributed by atoms with Crippen LogP contribution in [0.25, 0.3) is 0 Å². The number of carbonyl (C=O) groups excluding carboxylic acids is 3. The van der Waals surface area contributed by atoms with Gasteiger partial charge in [-0.2, -0.15) is 4.99 Å². The molecule has 1 aliphatic heterocycles. The van der Waals surface area contributed by atoms with Crippen LogP contribution < -0.4 is 10.6 Å². The molecule has 70 valence electrons. The minimum Gasteiger partial charge on any atom is -0.296 e. The van der Waals surface area contributed by atoms with Crippen molar-refractivity contribution in [2.45, 2.75) is 13.8 Å². The van der Waals surface area contributed by atoms with E-state index in [9.17, 15) is 14.4 Å². The van der Waals surface area contributed by atoms with Crippen molar-refractivity contribution in [3.63, 3.8) is 0 Å². The Hall–Kier alpha value is -1.72. The van der Waals surface area contributed by atoms with Crippen LogP contribution in [0.3, 0.4) is 0 Å². The summed E-state index contributed by atoms with van der Waals surface area (Å²) in [5.41, 5.74) is 0. The van der Waals surface area contributed by atoms with E-state index >= 15 is 0 Å². The molecule has 0 spiro atoms. The van der Waals surface area contributed by atoms with Gasteiger partial charge in [-0.05, 0) is 6.92 Å². The molecule has 6 nitrogen and oxygen atoms in total. The summed E-state index contributed by atoms with van der Waals surface area (Å²) in [6.07, 6.45) is 0. The summed E-state index contributed by atoms with van der Waals surface area (Å²) in [4.78, 5) is 36.0. The van der Waals surface area contributed by atoms with Gasteiger partial charge in [-0.15, -0.1) is 0 Å². The Labute approximate surface area is 74.4 Å². The summed E-state index contributed by atoms with van der Waals surface area (Å²) in [7, 11) is 0. The molecule has 0 saturated carbocycles. The summed E-state index contributed by atoms with van der Waals surface area (Å²) < 4.78 is 0. The van der Waals surface area contributed by atoms with Gasteiger partial charge in [0.15, 0.2) is 0 Å². The van der Waals surface area contributed by atoms with E-state index in [1.807, 2.05) is 0 Å². The van der Waals surface area contributed by atoms with Gasteiger partial charge in [0.2, 0.25) is 17.8 Å². The second-order valence-electron chi connectivity index (χ2n) is 2.69. The smallest absolute Gasteiger partial charge is 0.261 e.